The molecule has 0 saturated carbocycles. The van der Waals surface area contributed by atoms with E-state index in [0.717, 1.165) is 6.04 Å². The maximum atomic E-state index is 6.09. The molecule has 0 unspecified atom stereocenters. The van der Waals surface area contributed by atoms with E-state index < -0.39 is 23.4 Å². The summed E-state index contributed by atoms with van der Waals surface area (Å²) in [6, 6.07) is 11.6. The van der Waals surface area contributed by atoms with Crippen LogP contribution in [0.4, 0.5) is 0 Å². The SMILES string of the molecule is CC[Si](c1ccccc1)=[Zr]([Cl])[Cl]. The quantitative estimate of drug-likeness (QED) is 0.736. The van der Waals surface area contributed by atoms with Crippen molar-refractivity contribution in [3.8, 4) is 0 Å². The first-order valence-electron chi connectivity index (χ1n) is 3.85. The van der Waals surface area contributed by atoms with Crippen LogP contribution in [0.1, 0.15) is 6.92 Å². The Morgan fingerprint density at radius 3 is 2.25 bits per heavy atom. The van der Waals surface area contributed by atoms with Gasteiger partial charge >= 0.3 is 88.9 Å². The average molecular weight is 296 g/mol. The van der Waals surface area contributed by atoms with E-state index in [-0.39, 0.29) is 0 Å². The van der Waals surface area contributed by atoms with Crippen LogP contribution in [0, 0.1) is 0 Å². The molecule has 0 aliphatic rings. The monoisotopic (exact) mass is 294 g/mol. The minimum absolute atomic E-state index is 0.551. The van der Waals surface area contributed by atoms with E-state index in [0.29, 0.717) is 0 Å². The summed E-state index contributed by atoms with van der Waals surface area (Å²) in [6.07, 6.45) is 0. The third-order valence-electron chi connectivity index (χ3n) is 1.70. The van der Waals surface area contributed by atoms with Gasteiger partial charge in [-0.1, -0.05) is 0 Å². The first-order valence-corrected chi connectivity index (χ1v) is 15.6. The molecule has 1 aromatic carbocycles. The molecule has 0 aliphatic heterocycles. The van der Waals surface area contributed by atoms with Crippen LogP contribution < -0.4 is 5.19 Å². The van der Waals surface area contributed by atoms with Crippen molar-refractivity contribution in [2.24, 2.45) is 0 Å². The Labute approximate surface area is 88.2 Å². The molecule has 0 aliphatic carbocycles. The predicted octanol–water partition coefficient (Wildman–Crippen LogP) is 2.83. The fourth-order valence-corrected chi connectivity index (χ4v) is 16.0. The van der Waals surface area contributed by atoms with Gasteiger partial charge in [0.2, 0.25) is 0 Å². The van der Waals surface area contributed by atoms with E-state index in [1.807, 2.05) is 6.07 Å². The zero-order chi connectivity index (χ0) is 8.97. The Hall–Kier alpha value is 0.900. The normalized spacial score (nSPS) is 9.58. The van der Waals surface area contributed by atoms with Gasteiger partial charge < -0.3 is 0 Å². The number of benzene rings is 1. The van der Waals surface area contributed by atoms with Crippen molar-refractivity contribution in [2.75, 3.05) is 0 Å². The Morgan fingerprint density at radius 1 is 1.25 bits per heavy atom. The van der Waals surface area contributed by atoms with Crippen molar-refractivity contribution in [3.05, 3.63) is 30.3 Å². The van der Waals surface area contributed by atoms with Crippen molar-refractivity contribution in [3.63, 3.8) is 0 Å². The molecule has 0 radical (unpaired) electrons. The molecule has 0 atom stereocenters. The van der Waals surface area contributed by atoms with E-state index in [2.05, 4.69) is 31.2 Å². The van der Waals surface area contributed by atoms with Crippen molar-refractivity contribution in [2.45, 2.75) is 13.0 Å². The fourth-order valence-electron chi connectivity index (χ4n) is 1.09. The maximum absolute atomic E-state index is 6.09. The van der Waals surface area contributed by atoms with E-state index >= 15 is 0 Å². The molecule has 1 rings (SSSR count). The predicted molar refractivity (Wildman–Crippen MR) is 54.0 cm³/mol. The van der Waals surface area contributed by atoms with Crippen LogP contribution in [0.3, 0.4) is 0 Å². The second-order valence-electron chi connectivity index (χ2n) is 2.46. The zero-order valence-electron chi connectivity index (χ0n) is 6.85. The van der Waals surface area contributed by atoms with Crippen molar-refractivity contribution in [1.29, 1.82) is 0 Å². The van der Waals surface area contributed by atoms with Gasteiger partial charge in [-0.15, -0.1) is 0 Å². The number of hydrogen-bond acceptors (Lipinski definition) is 0. The fraction of sp³-hybridized carbons (Fsp3) is 0.250. The molecule has 64 valence electrons. The molecule has 0 heterocycles. The number of rotatable bonds is 2. The summed E-state index contributed by atoms with van der Waals surface area (Å²) in [7, 11) is 12.2. The van der Waals surface area contributed by atoms with E-state index in [9.17, 15) is 0 Å². The molecular weight excluding hydrogens is 286 g/mol. The van der Waals surface area contributed by atoms with Gasteiger partial charge in [0.1, 0.15) is 0 Å². The molecule has 12 heavy (non-hydrogen) atoms. The van der Waals surface area contributed by atoms with Gasteiger partial charge in [-0.25, -0.2) is 0 Å². The molecule has 0 bridgehead atoms. The Kier molecular flexibility index (Phi) is 5.12. The van der Waals surface area contributed by atoms with E-state index in [1.165, 1.54) is 5.19 Å². The van der Waals surface area contributed by atoms with Crippen molar-refractivity contribution >= 4 is 27.6 Å². The summed E-state index contributed by atoms with van der Waals surface area (Å²) >= 11 is -1.99. The first kappa shape index (κ1) is 11.0. The standard InChI is InChI=1S/C8H10Si.2ClH.Zr/c1-2-9-8-6-4-3-5-7-8;;;/h3-7H,2H2,1H3;2*1H;/q;;;+2/p-2. The molecular formula is C8H10Cl2SiZr. The van der Waals surface area contributed by atoms with Crippen LogP contribution in [0.5, 0.6) is 0 Å². The molecule has 0 N–H and O–H groups in total. The van der Waals surface area contributed by atoms with Gasteiger partial charge in [-0.05, 0) is 0 Å². The van der Waals surface area contributed by atoms with Crippen LogP contribution in [-0.2, 0) is 18.0 Å². The van der Waals surface area contributed by atoms with Crippen LogP contribution in [-0.4, -0.2) is 5.43 Å². The molecule has 0 amide bonds. The summed E-state index contributed by atoms with van der Waals surface area (Å²) in [6.45, 7) is 2.19. The third-order valence-corrected chi connectivity index (χ3v) is 20.1. The van der Waals surface area contributed by atoms with Gasteiger partial charge in [0.15, 0.2) is 0 Å². The molecule has 4 heteroatoms. The molecule has 0 saturated heterocycles. The summed E-state index contributed by atoms with van der Waals surface area (Å²) in [5.74, 6) is 0. The Morgan fingerprint density at radius 2 is 1.83 bits per heavy atom. The molecule has 0 fully saturated rings. The van der Waals surface area contributed by atoms with Gasteiger partial charge in [0, 0.05) is 0 Å². The van der Waals surface area contributed by atoms with Gasteiger partial charge in [-0.3, -0.25) is 0 Å². The minimum atomic E-state index is -1.99. The summed E-state index contributed by atoms with van der Waals surface area (Å²) in [5.41, 5.74) is -0.551. The summed E-state index contributed by atoms with van der Waals surface area (Å²) < 4.78 is 0. The molecule has 1 aromatic rings. The van der Waals surface area contributed by atoms with Crippen LogP contribution >= 0.6 is 17.0 Å². The Balaban J connectivity index is 3.05. The summed E-state index contributed by atoms with van der Waals surface area (Å²) in [4.78, 5) is 0. The van der Waals surface area contributed by atoms with Gasteiger partial charge in [-0.2, -0.15) is 0 Å². The topological polar surface area (TPSA) is 0 Å². The average Bonchev–Trinajstić information content (AvgIpc) is 2.07. The first-order chi connectivity index (χ1) is 5.75. The third kappa shape index (κ3) is 2.99. The van der Waals surface area contributed by atoms with Crippen molar-refractivity contribution < 1.29 is 18.0 Å². The summed E-state index contributed by atoms with van der Waals surface area (Å²) in [5, 5.41) is 1.41. The second-order valence-corrected chi connectivity index (χ2v) is 22.8. The Bertz CT molecular complexity index is 280. The number of hydrogen-bond donors (Lipinski definition) is 0. The molecule has 0 aromatic heterocycles. The van der Waals surface area contributed by atoms with Crippen LogP contribution in [0.2, 0.25) is 6.04 Å². The zero-order valence-corrected chi connectivity index (χ0v) is 11.8. The van der Waals surface area contributed by atoms with Crippen LogP contribution in [0.15, 0.2) is 30.3 Å². The van der Waals surface area contributed by atoms with Crippen LogP contribution in [0.25, 0.3) is 0 Å². The molecule has 0 nitrogen and oxygen atoms in total. The second kappa shape index (κ2) is 5.59. The molecule has 0 spiro atoms. The van der Waals surface area contributed by atoms with Crippen molar-refractivity contribution in [1.82, 2.24) is 0 Å². The number of halogens is 2. The van der Waals surface area contributed by atoms with Gasteiger partial charge in [0.05, 0.1) is 0 Å². The van der Waals surface area contributed by atoms with E-state index in [4.69, 9.17) is 17.0 Å². The van der Waals surface area contributed by atoms with Gasteiger partial charge in [0.25, 0.3) is 0 Å². The van der Waals surface area contributed by atoms with E-state index in [1.54, 1.807) is 0 Å².